The molecule has 0 saturated heterocycles. The molecule has 1 atom stereocenters. The molecule has 0 bridgehead atoms. The van der Waals surface area contributed by atoms with E-state index in [0.717, 1.165) is 5.56 Å². The lowest BCUT2D eigenvalue weighted by molar-refractivity contribution is -0.149. The number of carboxylic acids is 1. The number of hydrogen-bond acceptors (Lipinski definition) is 6. The van der Waals surface area contributed by atoms with Crippen molar-refractivity contribution in [3.8, 4) is 11.5 Å². The number of carbonyl (C=O) groups is 2. The molecule has 8 nitrogen and oxygen atoms in total. The maximum Gasteiger partial charge on any atom is 0.409 e. The molecule has 1 N–H and O–H groups in total. The number of hydrogen-bond donors (Lipinski definition) is 1. The summed E-state index contributed by atoms with van der Waals surface area (Å²) in [5.74, 6) is -0.165. The summed E-state index contributed by atoms with van der Waals surface area (Å²) >= 11 is 0. The van der Waals surface area contributed by atoms with Crippen LogP contribution in [0, 0.1) is 5.82 Å². The Morgan fingerprint density at radius 2 is 1.58 bits per heavy atom. The van der Waals surface area contributed by atoms with Gasteiger partial charge in [0.25, 0.3) is 0 Å². The largest absolute Gasteiger partial charge is 0.494 e. The summed E-state index contributed by atoms with van der Waals surface area (Å²) in [6, 6.07) is 12.8. The van der Waals surface area contributed by atoms with Crippen molar-refractivity contribution in [3.05, 3.63) is 59.9 Å². The summed E-state index contributed by atoms with van der Waals surface area (Å²) in [5.41, 5.74) is 0.820. The van der Waals surface area contributed by atoms with Crippen LogP contribution in [0.25, 0.3) is 0 Å². The minimum Gasteiger partial charge on any atom is -0.494 e. The molecule has 9 heteroatoms. The molecular formula is C24H30FNO7. The Bertz CT molecular complexity index is 858. The first-order valence-electron chi connectivity index (χ1n) is 10.7. The lowest BCUT2D eigenvalue weighted by atomic mass is 10.1. The van der Waals surface area contributed by atoms with Crippen molar-refractivity contribution < 1.29 is 38.0 Å². The maximum absolute atomic E-state index is 12.9. The average Bonchev–Trinajstić information content (AvgIpc) is 2.81. The van der Waals surface area contributed by atoms with Gasteiger partial charge in [-0.2, -0.15) is 0 Å². The summed E-state index contributed by atoms with van der Waals surface area (Å²) in [5, 5.41) is 9.19. The molecule has 0 radical (unpaired) electrons. The van der Waals surface area contributed by atoms with Crippen molar-refractivity contribution in [2.45, 2.75) is 25.9 Å². The number of amides is 1. The van der Waals surface area contributed by atoms with Gasteiger partial charge in [0.05, 0.1) is 20.3 Å². The highest BCUT2D eigenvalue weighted by atomic mass is 19.1. The van der Waals surface area contributed by atoms with E-state index in [9.17, 15) is 19.1 Å². The van der Waals surface area contributed by atoms with E-state index in [1.165, 1.54) is 24.1 Å². The quantitative estimate of drug-likeness (QED) is 0.426. The first-order valence-corrected chi connectivity index (χ1v) is 10.7. The summed E-state index contributed by atoms with van der Waals surface area (Å²) in [7, 11) is 1.32. The Balaban J connectivity index is 1.76. The monoisotopic (exact) mass is 463 g/mol. The van der Waals surface area contributed by atoms with Gasteiger partial charge in [0.2, 0.25) is 0 Å². The Morgan fingerprint density at radius 1 is 0.970 bits per heavy atom. The van der Waals surface area contributed by atoms with Crippen LogP contribution in [-0.4, -0.2) is 68.2 Å². The molecule has 33 heavy (non-hydrogen) atoms. The van der Waals surface area contributed by atoms with Crippen molar-refractivity contribution in [2.24, 2.45) is 0 Å². The van der Waals surface area contributed by atoms with Crippen molar-refractivity contribution >= 4 is 12.1 Å². The molecule has 180 valence electrons. The smallest absolute Gasteiger partial charge is 0.409 e. The number of aliphatic carboxylic acids is 1. The molecule has 0 spiro atoms. The number of carbonyl (C=O) groups excluding carboxylic acids is 1. The third kappa shape index (κ3) is 9.36. The Labute approximate surface area is 192 Å². The number of benzene rings is 2. The van der Waals surface area contributed by atoms with Crippen LogP contribution in [0.15, 0.2) is 48.5 Å². The van der Waals surface area contributed by atoms with Crippen LogP contribution in [0.2, 0.25) is 0 Å². The number of carboxylic acid groups (broad SMARTS) is 1. The fraction of sp³-hybridized carbons (Fsp3) is 0.417. The van der Waals surface area contributed by atoms with Crippen LogP contribution in [0.5, 0.6) is 11.5 Å². The van der Waals surface area contributed by atoms with E-state index in [2.05, 4.69) is 0 Å². The van der Waals surface area contributed by atoms with E-state index in [4.69, 9.17) is 18.9 Å². The molecule has 0 fully saturated rings. The molecule has 0 heterocycles. The van der Waals surface area contributed by atoms with Gasteiger partial charge in [0, 0.05) is 19.6 Å². The topological polar surface area (TPSA) is 94.5 Å². The Kier molecular flexibility index (Phi) is 11.0. The molecule has 0 aromatic heterocycles. The Hall–Kier alpha value is -3.33. The third-order valence-electron chi connectivity index (χ3n) is 4.71. The molecule has 2 aromatic carbocycles. The van der Waals surface area contributed by atoms with Gasteiger partial charge in [-0.05, 0) is 55.3 Å². The van der Waals surface area contributed by atoms with Crippen molar-refractivity contribution in [2.75, 3.05) is 40.0 Å². The summed E-state index contributed by atoms with van der Waals surface area (Å²) in [6.07, 6.45) is -0.528. The summed E-state index contributed by atoms with van der Waals surface area (Å²) < 4.78 is 34.2. The number of rotatable bonds is 14. The van der Waals surface area contributed by atoms with Gasteiger partial charge in [-0.15, -0.1) is 0 Å². The molecule has 1 unspecified atom stereocenters. The van der Waals surface area contributed by atoms with E-state index in [1.54, 1.807) is 43.3 Å². The minimum atomic E-state index is -0.997. The summed E-state index contributed by atoms with van der Waals surface area (Å²) in [4.78, 5) is 24.7. The van der Waals surface area contributed by atoms with Gasteiger partial charge in [-0.3, -0.25) is 0 Å². The Morgan fingerprint density at radius 3 is 2.15 bits per heavy atom. The molecule has 1 amide bonds. The third-order valence-corrected chi connectivity index (χ3v) is 4.71. The van der Waals surface area contributed by atoms with E-state index < -0.39 is 18.2 Å². The van der Waals surface area contributed by atoms with Crippen LogP contribution >= 0.6 is 0 Å². The van der Waals surface area contributed by atoms with Gasteiger partial charge >= 0.3 is 12.1 Å². The van der Waals surface area contributed by atoms with Crippen molar-refractivity contribution in [1.82, 2.24) is 4.90 Å². The minimum absolute atomic E-state index is 0.254. The molecule has 0 aliphatic heterocycles. The lowest BCUT2D eigenvalue weighted by Crippen LogP contribution is -2.36. The molecular weight excluding hydrogens is 433 g/mol. The zero-order chi connectivity index (χ0) is 24.1. The average molecular weight is 464 g/mol. The zero-order valence-electron chi connectivity index (χ0n) is 18.9. The number of methoxy groups -OCH3 is 1. The van der Waals surface area contributed by atoms with Gasteiger partial charge in [-0.1, -0.05) is 12.1 Å². The van der Waals surface area contributed by atoms with Crippen LogP contribution in [-0.2, 0) is 20.7 Å². The first-order chi connectivity index (χ1) is 15.9. The van der Waals surface area contributed by atoms with Crippen LogP contribution in [0.3, 0.4) is 0 Å². The number of nitrogens with zero attached hydrogens (tertiary/aromatic N) is 1. The van der Waals surface area contributed by atoms with Gasteiger partial charge in [0.1, 0.15) is 23.9 Å². The van der Waals surface area contributed by atoms with Gasteiger partial charge in [0.15, 0.2) is 6.10 Å². The van der Waals surface area contributed by atoms with E-state index in [1.807, 2.05) is 0 Å². The predicted molar refractivity (Wildman–Crippen MR) is 119 cm³/mol. The second-order valence-corrected chi connectivity index (χ2v) is 7.09. The van der Waals surface area contributed by atoms with Gasteiger partial charge < -0.3 is 29.0 Å². The fourth-order valence-corrected chi connectivity index (χ4v) is 3.03. The maximum atomic E-state index is 12.9. The molecule has 0 aliphatic rings. The molecule has 2 rings (SSSR count). The van der Waals surface area contributed by atoms with E-state index in [0.29, 0.717) is 44.2 Å². The SMILES string of the molecule is CCOC(Cc1ccc(OCCN(CCCOc2ccc(F)cc2)C(=O)OC)cc1)C(=O)O. The fourth-order valence-electron chi connectivity index (χ4n) is 3.03. The normalized spacial score (nSPS) is 11.5. The standard InChI is InChI=1S/C24H30FNO7/c1-3-31-22(23(27)28)17-18-5-9-20(10-6-18)33-16-14-26(24(29)30-2)13-4-15-32-21-11-7-19(25)8-12-21/h5-12,22H,3-4,13-17H2,1-2H3,(H,27,28). The number of ether oxygens (including phenoxy) is 4. The first kappa shape index (κ1) is 25.9. The van der Waals surface area contributed by atoms with E-state index >= 15 is 0 Å². The second kappa shape index (κ2) is 13.9. The second-order valence-electron chi connectivity index (χ2n) is 7.09. The molecule has 0 saturated carbocycles. The molecule has 2 aromatic rings. The predicted octanol–water partition coefficient (Wildman–Crippen LogP) is 3.77. The zero-order valence-corrected chi connectivity index (χ0v) is 18.9. The van der Waals surface area contributed by atoms with Crippen molar-refractivity contribution in [1.29, 1.82) is 0 Å². The van der Waals surface area contributed by atoms with Crippen LogP contribution < -0.4 is 9.47 Å². The molecule has 0 aliphatic carbocycles. The lowest BCUT2D eigenvalue weighted by Gasteiger charge is -2.21. The van der Waals surface area contributed by atoms with Crippen molar-refractivity contribution in [3.63, 3.8) is 0 Å². The summed E-state index contributed by atoms with van der Waals surface area (Å²) in [6.45, 7) is 3.42. The highest BCUT2D eigenvalue weighted by Gasteiger charge is 2.18. The highest BCUT2D eigenvalue weighted by molar-refractivity contribution is 5.72. The highest BCUT2D eigenvalue weighted by Crippen LogP contribution is 2.15. The van der Waals surface area contributed by atoms with Crippen LogP contribution in [0.1, 0.15) is 18.9 Å². The van der Waals surface area contributed by atoms with Gasteiger partial charge in [-0.25, -0.2) is 14.0 Å². The van der Waals surface area contributed by atoms with E-state index in [-0.39, 0.29) is 18.8 Å². The van der Waals surface area contributed by atoms with Crippen LogP contribution in [0.4, 0.5) is 9.18 Å². The number of halogens is 1.